The van der Waals surface area contributed by atoms with E-state index in [-0.39, 0.29) is 10.7 Å². The van der Waals surface area contributed by atoms with E-state index in [9.17, 15) is 9.59 Å². The number of anilines is 1. The molecule has 2 aromatic rings. The molecule has 0 atom stereocenters. The van der Waals surface area contributed by atoms with Crippen molar-refractivity contribution in [1.29, 1.82) is 0 Å². The lowest BCUT2D eigenvalue weighted by molar-refractivity contribution is -0.146. The minimum atomic E-state index is -1.22. The fourth-order valence-corrected chi connectivity index (χ4v) is 1.95. The number of rotatable bonds is 4. The van der Waals surface area contributed by atoms with Crippen molar-refractivity contribution >= 4 is 29.2 Å². The molecule has 9 heteroatoms. The summed E-state index contributed by atoms with van der Waals surface area (Å²) in [7, 11) is 1.69. The van der Waals surface area contributed by atoms with E-state index >= 15 is 0 Å². The van der Waals surface area contributed by atoms with Crippen LogP contribution in [-0.4, -0.2) is 36.5 Å². The average Bonchev–Trinajstić information content (AvgIpc) is 3.00. The van der Waals surface area contributed by atoms with Gasteiger partial charge in [0.2, 0.25) is 0 Å². The number of nitrogens with zero attached hydrogens (tertiary/aromatic N) is 4. The highest BCUT2D eigenvalue weighted by molar-refractivity contribution is 6.34. The first-order valence-electron chi connectivity index (χ1n) is 6.43. The first-order valence-corrected chi connectivity index (χ1v) is 6.81. The smallest absolute Gasteiger partial charge is 0.331 e. The first-order chi connectivity index (χ1) is 10.1. The lowest BCUT2D eigenvalue weighted by Crippen LogP contribution is -2.35. The van der Waals surface area contributed by atoms with E-state index in [0.717, 1.165) is 0 Å². The van der Waals surface area contributed by atoms with E-state index in [0.29, 0.717) is 11.4 Å². The molecule has 0 saturated carbocycles. The maximum absolute atomic E-state index is 12.2. The Balaban J connectivity index is 2.22. The summed E-state index contributed by atoms with van der Waals surface area (Å²) >= 11 is 6.05. The molecule has 0 aliphatic carbocycles. The van der Waals surface area contributed by atoms with Crippen molar-refractivity contribution in [2.24, 2.45) is 7.05 Å². The van der Waals surface area contributed by atoms with Gasteiger partial charge >= 0.3 is 5.97 Å². The van der Waals surface area contributed by atoms with Gasteiger partial charge in [0, 0.05) is 13.2 Å². The topological polar surface area (TPSA) is 102 Å². The van der Waals surface area contributed by atoms with E-state index in [1.165, 1.54) is 35.6 Å². The first kappa shape index (κ1) is 16.0. The van der Waals surface area contributed by atoms with Gasteiger partial charge < -0.3 is 10.4 Å². The van der Waals surface area contributed by atoms with Crippen molar-refractivity contribution in [2.45, 2.75) is 26.3 Å². The van der Waals surface area contributed by atoms with Gasteiger partial charge in [0.15, 0.2) is 11.2 Å². The Hall–Kier alpha value is -2.35. The van der Waals surface area contributed by atoms with Crippen molar-refractivity contribution in [3.63, 3.8) is 0 Å². The van der Waals surface area contributed by atoms with Gasteiger partial charge in [0.05, 0.1) is 22.6 Å². The average molecular weight is 326 g/mol. The number of aryl methyl sites for hydroxylation is 1. The zero-order chi connectivity index (χ0) is 16.7. The lowest BCUT2D eigenvalue weighted by Gasteiger charge is -2.19. The number of carbonyl (C=O) groups excluding carboxylic acids is 1. The third-order valence-corrected chi connectivity index (χ3v) is 3.87. The number of hydrogen-bond acceptors (Lipinski definition) is 4. The van der Waals surface area contributed by atoms with E-state index < -0.39 is 17.4 Å². The molecule has 2 aromatic heterocycles. The third kappa shape index (κ3) is 2.69. The van der Waals surface area contributed by atoms with Crippen LogP contribution in [0.2, 0.25) is 5.02 Å². The molecule has 1 amide bonds. The number of carbonyl (C=O) groups is 2. The number of aromatic nitrogens is 4. The Bertz CT molecular complexity index is 747. The van der Waals surface area contributed by atoms with Gasteiger partial charge in [0.25, 0.3) is 5.91 Å². The highest BCUT2D eigenvalue weighted by atomic mass is 35.5. The van der Waals surface area contributed by atoms with Crippen LogP contribution in [0.15, 0.2) is 12.4 Å². The van der Waals surface area contributed by atoms with Crippen LogP contribution in [0.1, 0.15) is 30.0 Å². The van der Waals surface area contributed by atoms with Crippen LogP contribution < -0.4 is 5.32 Å². The number of carboxylic acid groups (broad SMARTS) is 1. The second-order valence-electron chi connectivity index (χ2n) is 5.36. The van der Waals surface area contributed by atoms with Crippen LogP contribution in [0.4, 0.5) is 5.69 Å². The van der Waals surface area contributed by atoms with Gasteiger partial charge in [-0.05, 0) is 20.8 Å². The standard InChI is InChI=1S/C13H16ClN5O3/c1-7-9(14)10(17-18(7)4)11(20)16-8-5-15-19(6-8)13(2,3)12(21)22/h5-6H,1-4H3,(H,16,20)(H,21,22). The molecule has 22 heavy (non-hydrogen) atoms. The van der Waals surface area contributed by atoms with Gasteiger partial charge in [-0.25, -0.2) is 4.79 Å². The Morgan fingerprint density at radius 2 is 2.05 bits per heavy atom. The molecule has 0 aromatic carbocycles. The summed E-state index contributed by atoms with van der Waals surface area (Å²) in [5, 5.41) is 20.0. The summed E-state index contributed by atoms with van der Waals surface area (Å²) in [6, 6.07) is 0. The summed E-state index contributed by atoms with van der Waals surface area (Å²) in [6.07, 6.45) is 2.81. The minimum absolute atomic E-state index is 0.104. The fourth-order valence-electron chi connectivity index (χ4n) is 1.71. The predicted octanol–water partition coefficient (Wildman–Crippen LogP) is 1.65. The van der Waals surface area contributed by atoms with Crippen LogP contribution in [0.5, 0.6) is 0 Å². The van der Waals surface area contributed by atoms with Crippen molar-refractivity contribution in [2.75, 3.05) is 5.32 Å². The molecular weight excluding hydrogens is 310 g/mol. The number of aliphatic carboxylic acids is 1. The maximum Gasteiger partial charge on any atom is 0.331 e. The molecule has 0 spiro atoms. The Labute approximate surface area is 131 Å². The normalized spacial score (nSPS) is 11.5. The van der Waals surface area contributed by atoms with Crippen molar-refractivity contribution < 1.29 is 14.7 Å². The number of halogens is 1. The molecule has 0 fully saturated rings. The molecule has 0 aliphatic heterocycles. The molecule has 0 bridgehead atoms. The van der Waals surface area contributed by atoms with E-state index in [1.807, 2.05) is 0 Å². The van der Waals surface area contributed by atoms with Gasteiger partial charge in [-0.15, -0.1) is 0 Å². The Kier molecular flexibility index (Phi) is 3.97. The molecule has 0 unspecified atom stereocenters. The van der Waals surface area contributed by atoms with Crippen molar-refractivity contribution in [3.8, 4) is 0 Å². The second-order valence-corrected chi connectivity index (χ2v) is 5.74. The summed E-state index contributed by atoms with van der Waals surface area (Å²) in [5.74, 6) is -1.52. The van der Waals surface area contributed by atoms with Crippen LogP contribution in [0.25, 0.3) is 0 Å². The highest BCUT2D eigenvalue weighted by Crippen LogP contribution is 2.21. The van der Waals surface area contributed by atoms with Crippen LogP contribution in [0, 0.1) is 6.92 Å². The monoisotopic (exact) mass is 325 g/mol. The Morgan fingerprint density at radius 1 is 1.41 bits per heavy atom. The zero-order valence-electron chi connectivity index (χ0n) is 12.6. The van der Waals surface area contributed by atoms with Gasteiger partial charge in [0.1, 0.15) is 0 Å². The Morgan fingerprint density at radius 3 is 2.55 bits per heavy atom. The largest absolute Gasteiger partial charge is 0.479 e. The highest BCUT2D eigenvalue weighted by Gasteiger charge is 2.30. The predicted molar refractivity (Wildman–Crippen MR) is 80.1 cm³/mol. The molecule has 0 saturated heterocycles. The molecule has 8 nitrogen and oxygen atoms in total. The minimum Gasteiger partial charge on any atom is -0.479 e. The third-order valence-electron chi connectivity index (χ3n) is 3.41. The van der Waals surface area contributed by atoms with E-state index in [1.54, 1.807) is 14.0 Å². The van der Waals surface area contributed by atoms with Crippen molar-refractivity contribution in [1.82, 2.24) is 19.6 Å². The summed E-state index contributed by atoms with van der Waals surface area (Å²) < 4.78 is 2.77. The quantitative estimate of drug-likeness (QED) is 0.889. The van der Waals surface area contributed by atoms with Crippen molar-refractivity contribution in [3.05, 3.63) is 28.8 Å². The molecule has 2 N–H and O–H groups in total. The van der Waals surface area contributed by atoms with E-state index in [4.69, 9.17) is 16.7 Å². The SMILES string of the molecule is Cc1c(Cl)c(C(=O)Nc2cnn(C(C)(C)C(=O)O)c2)nn1C. The summed E-state index contributed by atoms with van der Waals surface area (Å²) in [5.41, 5.74) is -0.0810. The molecular formula is C13H16ClN5O3. The molecule has 118 valence electrons. The zero-order valence-corrected chi connectivity index (χ0v) is 13.3. The summed E-state index contributed by atoms with van der Waals surface area (Å²) in [4.78, 5) is 23.3. The molecule has 2 rings (SSSR count). The number of hydrogen-bond donors (Lipinski definition) is 2. The number of carboxylic acids is 1. The van der Waals surface area contributed by atoms with Gasteiger partial charge in [-0.2, -0.15) is 10.2 Å². The fraction of sp³-hybridized carbons (Fsp3) is 0.385. The van der Waals surface area contributed by atoms with Crippen LogP contribution >= 0.6 is 11.6 Å². The number of nitrogens with one attached hydrogen (secondary N) is 1. The lowest BCUT2D eigenvalue weighted by atomic mass is 10.1. The van der Waals surface area contributed by atoms with E-state index in [2.05, 4.69) is 15.5 Å². The van der Waals surface area contributed by atoms with Gasteiger partial charge in [-0.3, -0.25) is 14.2 Å². The summed E-state index contributed by atoms with van der Waals surface area (Å²) in [6.45, 7) is 4.76. The van der Waals surface area contributed by atoms with Crippen LogP contribution in [0.3, 0.4) is 0 Å². The second kappa shape index (κ2) is 5.45. The number of amides is 1. The van der Waals surface area contributed by atoms with Gasteiger partial charge in [-0.1, -0.05) is 11.6 Å². The molecule has 0 radical (unpaired) electrons. The molecule has 0 aliphatic rings. The molecule has 2 heterocycles. The van der Waals surface area contributed by atoms with Crippen LogP contribution in [-0.2, 0) is 17.4 Å². The maximum atomic E-state index is 12.2.